The van der Waals surface area contributed by atoms with Gasteiger partial charge in [-0.1, -0.05) is 20.3 Å². The van der Waals surface area contributed by atoms with Crippen molar-refractivity contribution in [3.8, 4) is 0 Å². The van der Waals surface area contributed by atoms with Gasteiger partial charge in [-0.05, 0) is 32.5 Å². The van der Waals surface area contributed by atoms with E-state index in [2.05, 4.69) is 29.4 Å². The number of nitrogens with zero attached hydrogens (tertiary/aromatic N) is 1. The van der Waals surface area contributed by atoms with Gasteiger partial charge in [0.05, 0.1) is 6.04 Å². The van der Waals surface area contributed by atoms with E-state index >= 15 is 0 Å². The Balaban J connectivity index is 2.13. The van der Waals surface area contributed by atoms with Gasteiger partial charge in [-0.15, -0.1) is 0 Å². The van der Waals surface area contributed by atoms with E-state index in [0.717, 1.165) is 39.1 Å². The molecular weight excluding hydrogens is 202 g/mol. The van der Waals surface area contributed by atoms with Crippen LogP contribution in [0.3, 0.4) is 0 Å². The van der Waals surface area contributed by atoms with Crippen LogP contribution in [0, 0.1) is 0 Å². The van der Waals surface area contributed by atoms with Gasteiger partial charge in [0.15, 0.2) is 0 Å². The number of rotatable bonds is 6. The highest BCUT2D eigenvalue weighted by Gasteiger charge is 2.19. The van der Waals surface area contributed by atoms with Gasteiger partial charge in [-0.2, -0.15) is 0 Å². The first-order valence-electron chi connectivity index (χ1n) is 6.51. The summed E-state index contributed by atoms with van der Waals surface area (Å²) < 4.78 is 0. The molecule has 0 radical (unpaired) electrons. The van der Waals surface area contributed by atoms with E-state index in [0.29, 0.717) is 0 Å². The maximum atomic E-state index is 11.8. The standard InChI is InChI=1S/C12H25N3O/c1-3-15(4-2)10-9-14-12(16)11-7-5-6-8-13-11/h11,13H,3-10H2,1-2H3,(H,14,16)/t11-/m0/s1. The average molecular weight is 227 g/mol. The monoisotopic (exact) mass is 227 g/mol. The Labute approximate surface area is 98.8 Å². The Morgan fingerprint density at radius 2 is 2.12 bits per heavy atom. The van der Waals surface area contributed by atoms with Crippen LogP contribution in [0.5, 0.6) is 0 Å². The van der Waals surface area contributed by atoms with Crippen molar-refractivity contribution < 1.29 is 4.79 Å². The minimum atomic E-state index is 0.0467. The molecule has 1 amide bonds. The van der Waals surface area contributed by atoms with Crippen LogP contribution in [-0.4, -0.2) is 49.6 Å². The van der Waals surface area contributed by atoms with Crippen molar-refractivity contribution in [2.75, 3.05) is 32.7 Å². The van der Waals surface area contributed by atoms with E-state index in [1.54, 1.807) is 0 Å². The summed E-state index contributed by atoms with van der Waals surface area (Å²) in [4.78, 5) is 14.1. The maximum absolute atomic E-state index is 11.8. The largest absolute Gasteiger partial charge is 0.353 e. The fourth-order valence-corrected chi connectivity index (χ4v) is 2.08. The molecule has 4 nitrogen and oxygen atoms in total. The molecule has 1 rings (SSSR count). The number of carbonyl (C=O) groups is 1. The Morgan fingerprint density at radius 1 is 1.38 bits per heavy atom. The summed E-state index contributed by atoms with van der Waals surface area (Å²) in [6, 6.07) is 0.0467. The first kappa shape index (κ1) is 13.5. The zero-order chi connectivity index (χ0) is 11.8. The van der Waals surface area contributed by atoms with Crippen molar-refractivity contribution in [1.82, 2.24) is 15.5 Å². The summed E-state index contributed by atoms with van der Waals surface area (Å²) in [5, 5.41) is 6.27. The van der Waals surface area contributed by atoms with Crippen molar-refractivity contribution in [2.24, 2.45) is 0 Å². The summed E-state index contributed by atoms with van der Waals surface area (Å²) >= 11 is 0. The molecule has 1 saturated heterocycles. The Morgan fingerprint density at radius 3 is 2.69 bits per heavy atom. The maximum Gasteiger partial charge on any atom is 0.237 e. The summed E-state index contributed by atoms with van der Waals surface area (Å²) in [6.45, 7) is 9.09. The quantitative estimate of drug-likeness (QED) is 0.698. The third-order valence-corrected chi connectivity index (χ3v) is 3.25. The van der Waals surface area contributed by atoms with Crippen LogP contribution in [0.4, 0.5) is 0 Å². The molecule has 0 bridgehead atoms. The van der Waals surface area contributed by atoms with Crippen molar-refractivity contribution in [1.29, 1.82) is 0 Å². The van der Waals surface area contributed by atoms with E-state index in [9.17, 15) is 4.79 Å². The molecule has 1 fully saturated rings. The zero-order valence-corrected chi connectivity index (χ0v) is 10.6. The Hall–Kier alpha value is -0.610. The SMILES string of the molecule is CCN(CC)CCNC(=O)[C@@H]1CCCCN1. The molecular formula is C12H25N3O. The first-order valence-corrected chi connectivity index (χ1v) is 6.51. The lowest BCUT2D eigenvalue weighted by Crippen LogP contribution is -2.48. The minimum absolute atomic E-state index is 0.0467. The summed E-state index contributed by atoms with van der Waals surface area (Å²) in [5.41, 5.74) is 0. The van der Waals surface area contributed by atoms with E-state index in [-0.39, 0.29) is 11.9 Å². The number of hydrogen-bond donors (Lipinski definition) is 2. The van der Waals surface area contributed by atoms with Crippen LogP contribution in [0.2, 0.25) is 0 Å². The molecule has 4 heteroatoms. The second-order valence-corrected chi connectivity index (χ2v) is 4.32. The second-order valence-electron chi connectivity index (χ2n) is 4.32. The number of nitrogens with one attached hydrogen (secondary N) is 2. The number of piperidine rings is 1. The van der Waals surface area contributed by atoms with E-state index in [4.69, 9.17) is 0 Å². The Bertz CT molecular complexity index is 198. The van der Waals surface area contributed by atoms with Gasteiger partial charge in [-0.25, -0.2) is 0 Å². The third-order valence-electron chi connectivity index (χ3n) is 3.25. The van der Waals surface area contributed by atoms with Gasteiger partial charge in [0.25, 0.3) is 0 Å². The van der Waals surface area contributed by atoms with Gasteiger partial charge in [-0.3, -0.25) is 4.79 Å². The molecule has 0 unspecified atom stereocenters. The molecule has 1 heterocycles. The molecule has 0 aromatic carbocycles. The molecule has 0 aromatic heterocycles. The average Bonchev–Trinajstić information content (AvgIpc) is 2.35. The molecule has 1 atom stereocenters. The lowest BCUT2D eigenvalue weighted by molar-refractivity contribution is -0.123. The summed E-state index contributed by atoms with van der Waals surface area (Å²) in [5.74, 6) is 0.173. The predicted octanol–water partition coefficient (Wildman–Crippen LogP) is 0.587. The summed E-state index contributed by atoms with van der Waals surface area (Å²) in [6.07, 6.45) is 3.35. The lowest BCUT2D eigenvalue weighted by Gasteiger charge is -2.23. The van der Waals surface area contributed by atoms with Gasteiger partial charge >= 0.3 is 0 Å². The third kappa shape index (κ3) is 4.49. The van der Waals surface area contributed by atoms with Gasteiger partial charge in [0.2, 0.25) is 5.91 Å². The predicted molar refractivity (Wildman–Crippen MR) is 66.4 cm³/mol. The van der Waals surface area contributed by atoms with Crippen molar-refractivity contribution in [3.05, 3.63) is 0 Å². The molecule has 2 N–H and O–H groups in total. The van der Waals surface area contributed by atoms with Crippen LogP contribution in [0.25, 0.3) is 0 Å². The highest BCUT2D eigenvalue weighted by Crippen LogP contribution is 2.06. The summed E-state index contributed by atoms with van der Waals surface area (Å²) in [7, 11) is 0. The molecule has 0 saturated carbocycles. The molecule has 16 heavy (non-hydrogen) atoms. The molecule has 0 spiro atoms. The smallest absolute Gasteiger partial charge is 0.237 e. The number of amides is 1. The van der Waals surface area contributed by atoms with Gasteiger partial charge in [0, 0.05) is 13.1 Å². The van der Waals surface area contributed by atoms with Gasteiger partial charge < -0.3 is 15.5 Å². The van der Waals surface area contributed by atoms with Crippen molar-refractivity contribution >= 4 is 5.91 Å². The van der Waals surface area contributed by atoms with Crippen LogP contribution in [0.1, 0.15) is 33.1 Å². The molecule has 0 aliphatic carbocycles. The fraction of sp³-hybridized carbons (Fsp3) is 0.917. The lowest BCUT2D eigenvalue weighted by atomic mass is 10.0. The van der Waals surface area contributed by atoms with Crippen molar-refractivity contribution in [2.45, 2.75) is 39.2 Å². The molecule has 1 aliphatic rings. The highest BCUT2D eigenvalue weighted by atomic mass is 16.2. The van der Waals surface area contributed by atoms with Crippen LogP contribution < -0.4 is 10.6 Å². The second kappa shape index (κ2) is 7.63. The van der Waals surface area contributed by atoms with Crippen LogP contribution >= 0.6 is 0 Å². The van der Waals surface area contributed by atoms with Gasteiger partial charge in [0.1, 0.15) is 0 Å². The molecule has 0 aromatic rings. The zero-order valence-electron chi connectivity index (χ0n) is 10.6. The van der Waals surface area contributed by atoms with E-state index in [1.807, 2.05) is 0 Å². The normalized spacial score (nSPS) is 21.1. The number of carbonyl (C=O) groups excluding carboxylic acids is 1. The van der Waals surface area contributed by atoms with Crippen LogP contribution in [-0.2, 0) is 4.79 Å². The molecule has 94 valence electrons. The van der Waals surface area contributed by atoms with Crippen molar-refractivity contribution in [3.63, 3.8) is 0 Å². The van der Waals surface area contributed by atoms with E-state index in [1.165, 1.54) is 12.8 Å². The molecule has 1 aliphatic heterocycles. The topological polar surface area (TPSA) is 44.4 Å². The Kier molecular flexibility index (Phi) is 6.42. The van der Waals surface area contributed by atoms with Crippen LogP contribution in [0.15, 0.2) is 0 Å². The highest BCUT2D eigenvalue weighted by molar-refractivity contribution is 5.81. The fourth-order valence-electron chi connectivity index (χ4n) is 2.08. The first-order chi connectivity index (χ1) is 7.77. The number of hydrogen-bond acceptors (Lipinski definition) is 3. The minimum Gasteiger partial charge on any atom is -0.353 e. The van der Waals surface area contributed by atoms with E-state index < -0.39 is 0 Å². The number of likely N-dealkylation sites (N-methyl/N-ethyl adjacent to an activating group) is 1.